The maximum atomic E-state index is 13.4. The Labute approximate surface area is 218 Å². The van der Waals surface area contributed by atoms with E-state index in [0.29, 0.717) is 21.8 Å². The van der Waals surface area contributed by atoms with Gasteiger partial charge in [-0.1, -0.05) is 29.8 Å². The van der Waals surface area contributed by atoms with Crippen molar-refractivity contribution < 1.29 is 22.4 Å². The summed E-state index contributed by atoms with van der Waals surface area (Å²) < 4.78 is 39.6. The number of carbonyl (C=O) groups excluding carboxylic acids is 2. The Morgan fingerprint density at radius 1 is 1.11 bits per heavy atom. The SMILES string of the molecule is Cc1c(Cl)cccc1N(CCCC(=O)N(Cc1ccc(F)cc1)[C@H](C)C(=O)NC(C)(C)C)S(C)(=O)=O. The fourth-order valence-electron chi connectivity index (χ4n) is 3.69. The Bertz CT molecular complexity index is 1180. The van der Waals surface area contributed by atoms with Gasteiger partial charge in [-0.3, -0.25) is 13.9 Å². The summed E-state index contributed by atoms with van der Waals surface area (Å²) >= 11 is 6.19. The monoisotopic (exact) mass is 539 g/mol. The highest BCUT2D eigenvalue weighted by Crippen LogP contribution is 2.28. The molecule has 0 spiro atoms. The number of benzene rings is 2. The van der Waals surface area contributed by atoms with Crippen molar-refractivity contribution >= 4 is 39.1 Å². The molecule has 2 aromatic rings. The van der Waals surface area contributed by atoms with E-state index in [1.807, 2.05) is 20.8 Å². The van der Waals surface area contributed by atoms with Crippen LogP contribution in [0.25, 0.3) is 0 Å². The third kappa shape index (κ3) is 8.48. The van der Waals surface area contributed by atoms with Crippen molar-refractivity contribution in [1.29, 1.82) is 0 Å². The van der Waals surface area contributed by atoms with Gasteiger partial charge in [-0.2, -0.15) is 0 Å². The van der Waals surface area contributed by atoms with E-state index in [-0.39, 0.29) is 37.7 Å². The number of hydrogen-bond acceptors (Lipinski definition) is 4. The van der Waals surface area contributed by atoms with Crippen LogP contribution in [0.4, 0.5) is 10.1 Å². The van der Waals surface area contributed by atoms with Gasteiger partial charge in [0.2, 0.25) is 21.8 Å². The molecule has 7 nitrogen and oxygen atoms in total. The first kappa shape index (κ1) is 29.6. The highest BCUT2D eigenvalue weighted by molar-refractivity contribution is 7.92. The largest absolute Gasteiger partial charge is 0.350 e. The van der Waals surface area contributed by atoms with E-state index >= 15 is 0 Å². The molecule has 0 saturated heterocycles. The Morgan fingerprint density at radius 2 is 1.72 bits per heavy atom. The minimum Gasteiger partial charge on any atom is -0.350 e. The van der Waals surface area contributed by atoms with E-state index in [9.17, 15) is 22.4 Å². The van der Waals surface area contributed by atoms with Crippen LogP contribution >= 0.6 is 11.6 Å². The molecular formula is C26H35ClFN3O4S. The second kappa shape index (κ2) is 12.1. The number of hydrogen-bond donors (Lipinski definition) is 1. The van der Waals surface area contributed by atoms with Crippen molar-refractivity contribution in [2.45, 2.75) is 65.6 Å². The fraction of sp³-hybridized carbons (Fsp3) is 0.462. The standard InChI is InChI=1S/C26H35ClFN3O4S/c1-18-22(27)9-7-10-23(18)31(36(6,34)35)16-8-11-24(32)30(17-20-12-14-21(28)15-13-20)19(2)25(33)29-26(3,4)5/h7,9-10,12-15,19H,8,11,16-17H2,1-6H3,(H,29,33)/t19-/m1/s1. The van der Waals surface area contributed by atoms with E-state index in [1.54, 1.807) is 44.2 Å². The van der Waals surface area contributed by atoms with Gasteiger partial charge in [0.05, 0.1) is 11.9 Å². The molecule has 0 fully saturated rings. The van der Waals surface area contributed by atoms with Crippen molar-refractivity contribution in [3.8, 4) is 0 Å². The molecule has 2 aromatic carbocycles. The molecule has 0 aromatic heterocycles. The molecule has 36 heavy (non-hydrogen) atoms. The minimum absolute atomic E-state index is 0.0139. The summed E-state index contributed by atoms with van der Waals surface area (Å²) in [6.07, 6.45) is 1.35. The fourth-order valence-corrected chi connectivity index (χ4v) is 4.88. The van der Waals surface area contributed by atoms with Crippen molar-refractivity contribution in [1.82, 2.24) is 10.2 Å². The maximum absolute atomic E-state index is 13.4. The van der Waals surface area contributed by atoms with Crippen LogP contribution in [0.2, 0.25) is 5.02 Å². The van der Waals surface area contributed by atoms with Crippen LogP contribution in [-0.2, 0) is 26.2 Å². The number of nitrogens with zero attached hydrogens (tertiary/aromatic N) is 2. The first-order valence-corrected chi connectivity index (χ1v) is 13.9. The Balaban J connectivity index is 2.22. The van der Waals surface area contributed by atoms with E-state index in [1.165, 1.54) is 21.3 Å². The predicted molar refractivity (Wildman–Crippen MR) is 142 cm³/mol. The highest BCUT2D eigenvalue weighted by atomic mass is 35.5. The summed E-state index contributed by atoms with van der Waals surface area (Å²) in [5.41, 5.74) is 1.27. The van der Waals surface area contributed by atoms with Crippen LogP contribution in [-0.4, -0.2) is 49.5 Å². The second-order valence-electron chi connectivity index (χ2n) is 9.89. The van der Waals surface area contributed by atoms with Crippen LogP contribution in [0, 0.1) is 12.7 Å². The van der Waals surface area contributed by atoms with E-state index in [0.717, 1.165) is 6.26 Å². The van der Waals surface area contributed by atoms with Crippen LogP contribution in [0.1, 0.15) is 51.7 Å². The van der Waals surface area contributed by atoms with Crippen LogP contribution in [0.3, 0.4) is 0 Å². The van der Waals surface area contributed by atoms with Gasteiger partial charge in [-0.05, 0) is 76.4 Å². The molecule has 0 unspecified atom stereocenters. The first-order valence-electron chi connectivity index (χ1n) is 11.7. The smallest absolute Gasteiger partial charge is 0.242 e. The predicted octanol–water partition coefficient (Wildman–Crippen LogP) is 4.67. The molecule has 10 heteroatoms. The van der Waals surface area contributed by atoms with Crippen LogP contribution in [0.15, 0.2) is 42.5 Å². The number of anilines is 1. The van der Waals surface area contributed by atoms with E-state index in [4.69, 9.17) is 11.6 Å². The summed E-state index contributed by atoms with van der Waals surface area (Å²) in [5.74, 6) is -1.02. The molecule has 0 aliphatic carbocycles. The van der Waals surface area contributed by atoms with Gasteiger partial charge in [-0.15, -0.1) is 0 Å². The lowest BCUT2D eigenvalue weighted by Gasteiger charge is -2.32. The van der Waals surface area contributed by atoms with Crippen LogP contribution in [0.5, 0.6) is 0 Å². The molecule has 198 valence electrons. The summed E-state index contributed by atoms with van der Waals surface area (Å²) in [5, 5.41) is 3.33. The highest BCUT2D eigenvalue weighted by Gasteiger charge is 2.29. The maximum Gasteiger partial charge on any atom is 0.242 e. The quantitative estimate of drug-likeness (QED) is 0.475. The lowest BCUT2D eigenvalue weighted by molar-refractivity contribution is -0.141. The van der Waals surface area contributed by atoms with Crippen molar-refractivity contribution in [3.63, 3.8) is 0 Å². The first-order chi connectivity index (χ1) is 16.6. The molecule has 0 aliphatic rings. The molecule has 1 atom stereocenters. The van der Waals surface area contributed by atoms with Crippen molar-refractivity contribution in [3.05, 3.63) is 64.4 Å². The zero-order valence-corrected chi connectivity index (χ0v) is 23.2. The topological polar surface area (TPSA) is 86.8 Å². The Kier molecular flexibility index (Phi) is 9.91. The third-order valence-electron chi connectivity index (χ3n) is 5.59. The van der Waals surface area contributed by atoms with E-state index in [2.05, 4.69) is 5.32 Å². The summed E-state index contributed by atoms with van der Waals surface area (Å²) in [6.45, 7) is 9.10. The minimum atomic E-state index is -3.63. The number of nitrogens with one attached hydrogen (secondary N) is 1. The van der Waals surface area contributed by atoms with Gasteiger partial charge in [0.1, 0.15) is 11.9 Å². The average Bonchev–Trinajstić information content (AvgIpc) is 2.76. The Morgan fingerprint density at radius 3 is 2.28 bits per heavy atom. The van der Waals surface area contributed by atoms with Gasteiger partial charge < -0.3 is 10.2 Å². The lowest BCUT2D eigenvalue weighted by Crippen LogP contribution is -2.52. The zero-order chi connectivity index (χ0) is 27.3. The van der Waals surface area contributed by atoms with Gasteiger partial charge in [0.25, 0.3) is 0 Å². The summed E-state index contributed by atoms with van der Waals surface area (Å²) in [7, 11) is -3.63. The molecule has 1 N–H and O–H groups in total. The molecule has 2 amide bonds. The average molecular weight is 540 g/mol. The van der Waals surface area contributed by atoms with E-state index < -0.39 is 27.4 Å². The third-order valence-corrected chi connectivity index (χ3v) is 7.18. The second-order valence-corrected chi connectivity index (χ2v) is 12.2. The van der Waals surface area contributed by atoms with Gasteiger partial charge >= 0.3 is 0 Å². The number of amides is 2. The number of halogens is 2. The molecular weight excluding hydrogens is 505 g/mol. The van der Waals surface area contributed by atoms with Gasteiger partial charge in [0, 0.05) is 30.1 Å². The molecule has 2 rings (SSSR count). The molecule has 0 saturated carbocycles. The number of sulfonamides is 1. The molecule has 0 aliphatic heterocycles. The number of rotatable bonds is 10. The van der Waals surface area contributed by atoms with Crippen LogP contribution < -0.4 is 9.62 Å². The summed E-state index contributed by atoms with van der Waals surface area (Å²) in [4.78, 5) is 27.6. The number of carbonyl (C=O) groups is 2. The van der Waals surface area contributed by atoms with Gasteiger partial charge in [-0.25, -0.2) is 12.8 Å². The molecule has 0 radical (unpaired) electrons. The normalized spacial score (nSPS) is 12.7. The zero-order valence-electron chi connectivity index (χ0n) is 21.6. The Hall–Kier alpha value is -2.65. The lowest BCUT2D eigenvalue weighted by atomic mass is 10.1. The van der Waals surface area contributed by atoms with Gasteiger partial charge in [0.15, 0.2) is 0 Å². The summed E-state index contributed by atoms with van der Waals surface area (Å²) in [6, 6.07) is 9.97. The molecule has 0 bridgehead atoms. The van der Waals surface area contributed by atoms with Crippen molar-refractivity contribution in [2.75, 3.05) is 17.1 Å². The van der Waals surface area contributed by atoms with Crippen molar-refractivity contribution in [2.24, 2.45) is 0 Å². The molecule has 0 heterocycles.